The zero-order valence-corrected chi connectivity index (χ0v) is 17.1. The number of H-pyrrole nitrogens is 1. The summed E-state index contributed by atoms with van der Waals surface area (Å²) in [7, 11) is 0. The minimum atomic E-state index is -0.206. The molecule has 0 fully saturated rings. The molecule has 1 atom stereocenters. The molecule has 4 aromatic rings. The molecule has 158 valence electrons. The fraction of sp³-hybridized carbons (Fsp3) is 0.125. The topological polar surface area (TPSA) is 104 Å². The minimum Gasteiger partial charge on any atom is -0.346 e. The minimum absolute atomic E-state index is 0.0961. The Morgan fingerprint density at radius 3 is 2.59 bits per heavy atom. The molecule has 0 saturated heterocycles. The van der Waals surface area contributed by atoms with E-state index in [0.29, 0.717) is 30.0 Å². The normalized spacial score (nSPS) is 14.8. The van der Waals surface area contributed by atoms with E-state index >= 15 is 0 Å². The first-order chi connectivity index (χ1) is 15.7. The van der Waals surface area contributed by atoms with E-state index in [-0.39, 0.29) is 17.7 Å². The number of hydrogen-bond donors (Lipinski definition) is 2. The first-order valence-electron chi connectivity index (χ1n) is 10.2. The summed E-state index contributed by atoms with van der Waals surface area (Å²) in [5, 5.41) is 9.77. The summed E-state index contributed by atoms with van der Waals surface area (Å²) in [6.45, 7) is 0.748. The summed E-state index contributed by atoms with van der Waals surface area (Å²) in [5.41, 5.74) is 3.52. The van der Waals surface area contributed by atoms with Gasteiger partial charge in [-0.25, -0.2) is 4.98 Å². The maximum Gasteiger partial charge on any atom is 0.258 e. The Kier molecular flexibility index (Phi) is 5.17. The van der Waals surface area contributed by atoms with Gasteiger partial charge < -0.3 is 10.2 Å². The van der Waals surface area contributed by atoms with Crippen LogP contribution in [-0.2, 0) is 6.54 Å². The van der Waals surface area contributed by atoms with Crippen molar-refractivity contribution in [1.82, 2.24) is 25.5 Å². The number of anilines is 1. The van der Waals surface area contributed by atoms with Gasteiger partial charge in [-0.3, -0.25) is 19.7 Å². The highest BCUT2D eigenvalue weighted by atomic mass is 16.2. The van der Waals surface area contributed by atoms with Gasteiger partial charge in [0.1, 0.15) is 12.2 Å². The van der Waals surface area contributed by atoms with Crippen LogP contribution in [0.1, 0.15) is 43.7 Å². The number of carbonyl (C=O) groups is 2. The molecule has 2 N–H and O–H groups in total. The zero-order valence-electron chi connectivity index (χ0n) is 17.1. The lowest BCUT2D eigenvalue weighted by molar-refractivity contribution is 0.0949. The van der Waals surface area contributed by atoms with Gasteiger partial charge in [-0.1, -0.05) is 24.3 Å². The predicted molar refractivity (Wildman–Crippen MR) is 118 cm³/mol. The molecule has 0 radical (unpaired) electrons. The van der Waals surface area contributed by atoms with Crippen molar-refractivity contribution in [3.8, 4) is 0 Å². The number of carbonyl (C=O) groups excluding carboxylic acids is 2. The van der Waals surface area contributed by atoms with Gasteiger partial charge in [0.05, 0.1) is 18.2 Å². The molecule has 2 aromatic carbocycles. The monoisotopic (exact) mass is 424 g/mol. The molecule has 3 heterocycles. The van der Waals surface area contributed by atoms with Gasteiger partial charge in [0, 0.05) is 29.6 Å². The molecule has 0 unspecified atom stereocenters. The van der Waals surface area contributed by atoms with Crippen LogP contribution in [0, 0.1) is 0 Å². The van der Waals surface area contributed by atoms with Crippen LogP contribution < -0.4 is 10.2 Å². The smallest absolute Gasteiger partial charge is 0.258 e. The SMILES string of the molecule is O=C(NCc1ccccn1)c1ccc2c(c1)[C@@H](c1ncn[nH]1)CN2C(=O)c1ccccc1. The van der Waals surface area contributed by atoms with Crippen molar-refractivity contribution in [2.24, 2.45) is 0 Å². The van der Waals surface area contributed by atoms with Gasteiger partial charge in [-0.15, -0.1) is 0 Å². The van der Waals surface area contributed by atoms with Crippen molar-refractivity contribution in [2.45, 2.75) is 12.5 Å². The van der Waals surface area contributed by atoms with Gasteiger partial charge in [0.15, 0.2) is 0 Å². The third-order valence-corrected chi connectivity index (χ3v) is 5.51. The Labute approximate surface area is 184 Å². The number of nitrogens with zero attached hydrogens (tertiary/aromatic N) is 4. The maximum atomic E-state index is 13.2. The lowest BCUT2D eigenvalue weighted by Gasteiger charge is -2.18. The third kappa shape index (κ3) is 3.74. The Bertz CT molecular complexity index is 1240. The Morgan fingerprint density at radius 2 is 1.84 bits per heavy atom. The molecule has 0 bridgehead atoms. The van der Waals surface area contributed by atoms with Crippen molar-refractivity contribution in [3.05, 3.63) is 107 Å². The Balaban J connectivity index is 1.45. The van der Waals surface area contributed by atoms with E-state index in [2.05, 4.69) is 25.5 Å². The highest BCUT2D eigenvalue weighted by molar-refractivity contribution is 6.08. The van der Waals surface area contributed by atoms with Crippen molar-refractivity contribution in [2.75, 3.05) is 11.4 Å². The largest absolute Gasteiger partial charge is 0.346 e. The molecule has 1 aliphatic heterocycles. The summed E-state index contributed by atoms with van der Waals surface area (Å²) < 4.78 is 0. The first-order valence-corrected chi connectivity index (χ1v) is 10.2. The number of hydrogen-bond acceptors (Lipinski definition) is 5. The molecule has 0 spiro atoms. The number of aromatic nitrogens is 4. The number of benzene rings is 2. The van der Waals surface area contributed by atoms with Gasteiger partial charge in [0.2, 0.25) is 0 Å². The number of rotatable bonds is 5. The second-order valence-electron chi connectivity index (χ2n) is 7.48. The van der Waals surface area contributed by atoms with Crippen LogP contribution in [0.5, 0.6) is 0 Å². The molecule has 8 heteroatoms. The van der Waals surface area contributed by atoms with Crippen molar-refractivity contribution >= 4 is 17.5 Å². The van der Waals surface area contributed by atoms with Gasteiger partial charge in [-0.05, 0) is 48.0 Å². The summed E-state index contributed by atoms with van der Waals surface area (Å²) >= 11 is 0. The van der Waals surface area contributed by atoms with Crippen LogP contribution in [0.2, 0.25) is 0 Å². The van der Waals surface area contributed by atoms with E-state index in [1.807, 2.05) is 48.5 Å². The second kappa shape index (κ2) is 8.43. The fourth-order valence-corrected chi connectivity index (χ4v) is 3.92. The lowest BCUT2D eigenvalue weighted by Crippen LogP contribution is -2.30. The molecule has 32 heavy (non-hydrogen) atoms. The first kappa shape index (κ1) is 19.6. The van der Waals surface area contributed by atoms with Crippen LogP contribution in [0.25, 0.3) is 0 Å². The quantitative estimate of drug-likeness (QED) is 0.513. The Morgan fingerprint density at radius 1 is 1.00 bits per heavy atom. The maximum absolute atomic E-state index is 13.2. The summed E-state index contributed by atoms with van der Waals surface area (Å²) in [5.74, 6) is 0.146. The summed E-state index contributed by atoms with van der Waals surface area (Å²) in [4.78, 5) is 36.2. The molecule has 1 aliphatic rings. The number of fused-ring (bicyclic) bond motifs is 1. The highest BCUT2D eigenvalue weighted by Gasteiger charge is 2.35. The van der Waals surface area contributed by atoms with E-state index in [0.717, 1.165) is 16.9 Å². The standard InChI is InChI=1S/C24H20N6O2/c31-23(26-13-18-8-4-5-11-25-18)17-9-10-21-19(12-17)20(22-27-15-28-29-22)14-30(21)24(32)16-6-2-1-3-7-16/h1-12,15,20H,13-14H2,(H,26,31)(H,27,28,29)/t20-/m0/s1. The van der Waals surface area contributed by atoms with E-state index in [1.54, 1.807) is 29.3 Å². The molecule has 5 rings (SSSR count). The molecule has 2 aromatic heterocycles. The highest BCUT2D eigenvalue weighted by Crippen LogP contribution is 2.40. The summed E-state index contributed by atoms with van der Waals surface area (Å²) in [6.07, 6.45) is 3.14. The fourth-order valence-electron chi connectivity index (χ4n) is 3.92. The zero-order chi connectivity index (χ0) is 21.9. The molecule has 8 nitrogen and oxygen atoms in total. The van der Waals surface area contributed by atoms with Crippen LogP contribution in [0.15, 0.2) is 79.3 Å². The molecule has 0 aliphatic carbocycles. The summed E-state index contributed by atoms with van der Waals surface area (Å²) in [6, 6.07) is 20.1. The van der Waals surface area contributed by atoms with Crippen LogP contribution >= 0.6 is 0 Å². The van der Waals surface area contributed by atoms with Crippen molar-refractivity contribution in [1.29, 1.82) is 0 Å². The van der Waals surface area contributed by atoms with E-state index in [4.69, 9.17) is 0 Å². The number of pyridine rings is 1. The number of nitrogens with one attached hydrogen (secondary N) is 2. The molecular weight excluding hydrogens is 404 g/mol. The molecule has 0 saturated carbocycles. The second-order valence-corrected chi connectivity index (χ2v) is 7.48. The van der Waals surface area contributed by atoms with Crippen molar-refractivity contribution < 1.29 is 9.59 Å². The van der Waals surface area contributed by atoms with E-state index in [9.17, 15) is 9.59 Å². The van der Waals surface area contributed by atoms with Crippen LogP contribution in [0.3, 0.4) is 0 Å². The average molecular weight is 424 g/mol. The van der Waals surface area contributed by atoms with Gasteiger partial charge >= 0.3 is 0 Å². The van der Waals surface area contributed by atoms with Crippen LogP contribution in [-0.4, -0.2) is 38.5 Å². The van der Waals surface area contributed by atoms with E-state index in [1.165, 1.54) is 6.33 Å². The molecular formula is C24H20N6O2. The van der Waals surface area contributed by atoms with Crippen LogP contribution in [0.4, 0.5) is 5.69 Å². The predicted octanol–water partition coefficient (Wildman–Crippen LogP) is 2.92. The Hall–Kier alpha value is -4.33. The third-order valence-electron chi connectivity index (χ3n) is 5.51. The van der Waals surface area contributed by atoms with Gasteiger partial charge in [-0.2, -0.15) is 5.10 Å². The molecule has 2 amide bonds. The number of aromatic amines is 1. The van der Waals surface area contributed by atoms with Gasteiger partial charge in [0.25, 0.3) is 11.8 Å². The van der Waals surface area contributed by atoms with Crippen molar-refractivity contribution in [3.63, 3.8) is 0 Å². The average Bonchev–Trinajstić information content (AvgIpc) is 3.51. The lowest BCUT2D eigenvalue weighted by atomic mass is 9.98. The van der Waals surface area contributed by atoms with E-state index < -0.39 is 0 Å². The number of amides is 2.